The lowest BCUT2D eigenvalue weighted by Crippen LogP contribution is -2.09. The van der Waals surface area contributed by atoms with Crippen molar-refractivity contribution in [2.45, 2.75) is 18.6 Å². The third-order valence-electron chi connectivity index (χ3n) is 4.82. The molecule has 0 saturated carbocycles. The minimum atomic E-state index is -0.0783. The van der Waals surface area contributed by atoms with E-state index in [1.165, 1.54) is 32.7 Å². The topological polar surface area (TPSA) is 9.23 Å². The van der Waals surface area contributed by atoms with Crippen LogP contribution in [0.5, 0.6) is 0 Å². The Labute approximate surface area is 158 Å². The Morgan fingerprint density at radius 2 is 1.15 bits per heavy atom. The maximum Gasteiger partial charge on any atom is 0.109 e. The Balaban J connectivity index is 1.89. The van der Waals surface area contributed by atoms with E-state index in [-0.39, 0.29) is 6.10 Å². The fourth-order valence-corrected chi connectivity index (χ4v) is 3.72. The van der Waals surface area contributed by atoms with Gasteiger partial charge in [-0.15, -0.1) is 0 Å². The van der Waals surface area contributed by atoms with Gasteiger partial charge in [0, 0.05) is 16.8 Å². The van der Waals surface area contributed by atoms with Gasteiger partial charge < -0.3 is 4.74 Å². The van der Waals surface area contributed by atoms with Gasteiger partial charge >= 0.3 is 0 Å². The highest BCUT2D eigenvalue weighted by molar-refractivity contribution is 6.08. The first-order chi connectivity index (χ1) is 12.9. The number of fused-ring (bicyclic) bond motifs is 2. The summed E-state index contributed by atoms with van der Waals surface area (Å²) in [5.41, 5.74) is 2.46. The smallest absolute Gasteiger partial charge is 0.109 e. The molecule has 0 saturated heterocycles. The van der Waals surface area contributed by atoms with Crippen LogP contribution in [0.3, 0.4) is 0 Å². The zero-order valence-corrected chi connectivity index (χ0v) is 15.7. The highest BCUT2D eigenvalue weighted by Crippen LogP contribution is 2.35. The van der Waals surface area contributed by atoms with Gasteiger partial charge in [0.25, 0.3) is 0 Å². The molecule has 0 aliphatic heterocycles. The van der Waals surface area contributed by atoms with Crippen molar-refractivity contribution in [2.75, 3.05) is 6.61 Å². The van der Waals surface area contributed by atoms with Crippen LogP contribution >= 0.6 is 0 Å². The molecular weight excluding hydrogens is 332 g/mol. The monoisotopic (exact) mass is 353 g/mol. The van der Waals surface area contributed by atoms with Crippen molar-refractivity contribution >= 4 is 31.8 Å². The van der Waals surface area contributed by atoms with Gasteiger partial charge in [0.2, 0.25) is 0 Å². The lowest BCUT2D eigenvalue weighted by atomic mass is 9.92. The van der Waals surface area contributed by atoms with Crippen molar-refractivity contribution in [3.63, 3.8) is 0 Å². The second-order valence-corrected chi connectivity index (χ2v) is 6.99. The maximum atomic E-state index is 6.44. The molecule has 0 atom stereocenters. The summed E-state index contributed by atoms with van der Waals surface area (Å²) >= 11 is 0. The zero-order chi connectivity index (χ0) is 17.8. The standard InChI is InChI=1S/C24H21OSi/c26-17-7-16-25-24(22-14-5-10-18-8-1-3-12-20(18)22)23-15-6-11-19-9-2-4-13-21(19)23/h1-6,8-15,24H,7,16-17H2. The fourth-order valence-electron chi connectivity index (χ4n) is 3.58. The molecular formula is C24H21OSi. The molecule has 0 heterocycles. The summed E-state index contributed by atoms with van der Waals surface area (Å²) in [6, 6.07) is 31.0. The Morgan fingerprint density at radius 1 is 0.654 bits per heavy atom. The molecule has 3 radical (unpaired) electrons. The summed E-state index contributed by atoms with van der Waals surface area (Å²) in [6.45, 7) is 0.723. The van der Waals surface area contributed by atoms with E-state index in [0.717, 1.165) is 19.1 Å². The number of hydrogen-bond donors (Lipinski definition) is 0. The Hall–Kier alpha value is -2.42. The molecule has 0 spiro atoms. The SMILES string of the molecule is [Si]CCCOC(c1cccc2ccccc12)c1cccc2ccccc12. The summed E-state index contributed by atoms with van der Waals surface area (Å²) in [6.07, 6.45) is 0.911. The van der Waals surface area contributed by atoms with E-state index in [1.54, 1.807) is 0 Å². The average Bonchev–Trinajstić information content (AvgIpc) is 2.71. The molecule has 0 aliphatic carbocycles. The van der Waals surface area contributed by atoms with E-state index in [4.69, 9.17) is 4.74 Å². The van der Waals surface area contributed by atoms with Crippen LogP contribution < -0.4 is 0 Å². The molecule has 2 heteroatoms. The van der Waals surface area contributed by atoms with Crippen LogP contribution in [0.2, 0.25) is 6.04 Å². The van der Waals surface area contributed by atoms with Crippen molar-refractivity contribution in [3.05, 3.63) is 96.1 Å². The van der Waals surface area contributed by atoms with Crippen molar-refractivity contribution in [1.29, 1.82) is 0 Å². The maximum absolute atomic E-state index is 6.44. The van der Waals surface area contributed by atoms with E-state index < -0.39 is 0 Å². The molecule has 4 aromatic rings. The molecule has 0 fully saturated rings. The van der Waals surface area contributed by atoms with Gasteiger partial charge in [-0.25, -0.2) is 0 Å². The summed E-state index contributed by atoms with van der Waals surface area (Å²) < 4.78 is 6.44. The summed E-state index contributed by atoms with van der Waals surface area (Å²) in [7, 11) is 3.56. The molecule has 127 valence electrons. The van der Waals surface area contributed by atoms with Crippen LogP contribution in [0, 0.1) is 0 Å². The van der Waals surface area contributed by atoms with Crippen molar-refractivity contribution in [3.8, 4) is 0 Å². The highest BCUT2D eigenvalue weighted by Gasteiger charge is 2.19. The van der Waals surface area contributed by atoms with E-state index in [9.17, 15) is 0 Å². The van der Waals surface area contributed by atoms with Gasteiger partial charge in [0.15, 0.2) is 0 Å². The van der Waals surface area contributed by atoms with Crippen LogP contribution in [0.1, 0.15) is 23.7 Å². The van der Waals surface area contributed by atoms with Gasteiger partial charge in [-0.3, -0.25) is 0 Å². The van der Waals surface area contributed by atoms with E-state index in [1.807, 2.05) is 0 Å². The van der Waals surface area contributed by atoms with Gasteiger partial charge in [0.05, 0.1) is 0 Å². The molecule has 0 amide bonds. The first-order valence-corrected chi connectivity index (χ1v) is 9.81. The van der Waals surface area contributed by atoms with Gasteiger partial charge in [0.1, 0.15) is 6.10 Å². The summed E-state index contributed by atoms with van der Waals surface area (Å²) in [5.74, 6) is 0. The lowest BCUT2D eigenvalue weighted by Gasteiger charge is -2.22. The minimum Gasteiger partial charge on any atom is -0.369 e. The Kier molecular flexibility index (Phi) is 5.14. The molecule has 0 unspecified atom stereocenters. The second kappa shape index (κ2) is 7.86. The van der Waals surface area contributed by atoms with Gasteiger partial charge in [-0.05, 0) is 39.1 Å². The zero-order valence-electron chi connectivity index (χ0n) is 14.7. The number of hydrogen-bond acceptors (Lipinski definition) is 1. The molecule has 1 nitrogen and oxygen atoms in total. The van der Waals surface area contributed by atoms with Gasteiger partial charge in [-0.2, -0.15) is 0 Å². The Bertz CT molecular complexity index is 935. The van der Waals surface area contributed by atoms with Crippen LogP contribution in [-0.2, 0) is 4.74 Å². The number of rotatable bonds is 6. The summed E-state index contributed by atoms with van der Waals surface area (Å²) in [4.78, 5) is 0. The number of benzene rings is 4. The second-order valence-electron chi connectivity index (χ2n) is 6.49. The molecule has 0 bridgehead atoms. The van der Waals surface area contributed by atoms with Crippen molar-refractivity contribution in [2.24, 2.45) is 0 Å². The van der Waals surface area contributed by atoms with Crippen molar-refractivity contribution in [1.82, 2.24) is 0 Å². The van der Waals surface area contributed by atoms with E-state index in [2.05, 4.69) is 95.2 Å². The van der Waals surface area contributed by atoms with Crippen molar-refractivity contribution < 1.29 is 4.74 Å². The Morgan fingerprint density at radius 3 is 1.69 bits per heavy atom. The molecule has 0 aliphatic rings. The van der Waals surface area contributed by atoms with E-state index in [0.29, 0.717) is 0 Å². The fraction of sp³-hybridized carbons (Fsp3) is 0.167. The largest absolute Gasteiger partial charge is 0.369 e. The highest BCUT2D eigenvalue weighted by atomic mass is 28.1. The van der Waals surface area contributed by atoms with Crippen LogP contribution in [-0.4, -0.2) is 16.8 Å². The lowest BCUT2D eigenvalue weighted by molar-refractivity contribution is 0.0826. The van der Waals surface area contributed by atoms with Crippen LogP contribution in [0.25, 0.3) is 21.5 Å². The number of ether oxygens (including phenoxy) is 1. The summed E-state index contributed by atoms with van der Waals surface area (Å²) in [5, 5.41) is 5.01. The van der Waals surface area contributed by atoms with Crippen LogP contribution in [0.4, 0.5) is 0 Å². The van der Waals surface area contributed by atoms with E-state index >= 15 is 0 Å². The quantitative estimate of drug-likeness (QED) is 0.302. The molecule has 26 heavy (non-hydrogen) atoms. The van der Waals surface area contributed by atoms with Gasteiger partial charge in [-0.1, -0.05) is 91.0 Å². The average molecular weight is 354 g/mol. The predicted octanol–water partition coefficient (Wildman–Crippen LogP) is 6.08. The first-order valence-electron chi connectivity index (χ1n) is 9.10. The molecule has 0 aromatic heterocycles. The molecule has 0 N–H and O–H groups in total. The molecule has 4 rings (SSSR count). The third-order valence-corrected chi connectivity index (χ3v) is 5.17. The van der Waals surface area contributed by atoms with Crippen LogP contribution in [0.15, 0.2) is 84.9 Å². The first kappa shape index (κ1) is 17.0. The predicted molar refractivity (Wildman–Crippen MR) is 111 cm³/mol. The third kappa shape index (κ3) is 3.30. The normalized spacial score (nSPS) is 11.5. The minimum absolute atomic E-state index is 0.0783. The molecule has 4 aromatic carbocycles.